The number of aromatic nitrogens is 2. The zero-order valence-corrected chi connectivity index (χ0v) is 14.0. The fourth-order valence-corrected chi connectivity index (χ4v) is 3.09. The van der Waals surface area contributed by atoms with Gasteiger partial charge < -0.3 is 19.6 Å². The molecule has 2 N–H and O–H groups in total. The Morgan fingerprint density at radius 2 is 2.08 bits per heavy atom. The number of carboxylic acids is 1. The van der Waals surface area contributed by atoms with Crippen molar-refractivity contribution >= 4 is 11.8 Å². The van der Waals surface area contributed by atoms with Crippen LogP contribution in [0.5, 0.6) is 0 Å². The summed E-state index contributed by atoms with van der Waals surface area (Å²) in [6, 6.07) is 3.49. The molecule has 2 atom stereocenters. The summed E-state index contributed by atoms with van der Waals surface area (Å²) in [6.07, 6.45) is -0.00775. The van der Waals surface area contributed by atoms with Gasteiger partial charge in [-0.25, -0.2) is 9.78 Å². The number of anilines is 1. The molecule has 0 saturated carbocycles. The average molecular weight is 331 g/mol. The Morgan fingerprint density at radius 1 is 1.33 bits per heavy atom. The van der Waals surface area contributed by atoms with E-state index in [-0.39, 0.29) is 11.5 Å². The molecule has 0 unspecified atom stereocenters. The highest BCUT2D eigenvalue weighted by Gasteiger charge is 2.34. The van der Waals surface area contributed by atoms with Gasteiger partial charge in [-0.2, -0.15) is 0 Å². The lowest BCUT2D eigenvalue weighted by Gasteiger charge is -2.20. The first-order chi connectivity index (χ1) is 11.3. The van der Waals surface area contributed by atoms with Crippen LogP contribution in [0.4, 0.5) is 5.82 Å². The van der Waals surface area contributed by atoms with E-state index in [4.69, 9.17) is 4.52 Å². The topological polar surface area (TPSA) is 99.7 Å². The van der Waals surface area contributed by atoms with E-state index in [9.17, 15) is 15.0 Å². The lowest BCUT2D eigenvalue weighted by Crippen LogP contribution is -2.25. The summed E-state index contributed by atoms with van der Waals surface area (Å²) in [5.41, 5.74) is 2.60. The second kappa shape index (κ2) is 6.24. The van der Waals surface area contributed by atoms with Crippen molar-refractivity contribution in [3.05, 3.63) is 40.4 Å². The molecule has 3 heterocycles. The Kier molecular flexibility index (Phi) is 4.28. The van der Waals surface area contributed by atoms with Crippen LogP contribution >= 0.6 is 0 Å². The second-order valence-corrected chi connectivity index (χ2v) is 6.44. The van der Waals surface area contributed by atoms with Crippen molar-refractivity contribution in [2.75, 3.05) is 18.0 Å². The van der Waals surface area contributed by atoms with Gasteiger partial charge in [0.2, 0.25) is 0 Å². The molecule has 1 aliphatic heterocycles. The first-order valence-electron chi connectivity index (χ1n) is 7.92. The minimum absolute atomic E-state index is 0.0533. The van der Waals surface area contributed by atoms with Gasteiger partial charge in [0, 0.05) is 37.2 Å². The molecule has 2 aromatic rings. The van der Waals surface area contributed by atoms with Gasteiger partial charge in [-0.1, -0.05) is 5.16 Å². The van der Waals surface area contributed by atoms with Crippen molar-refractivity contribution in [2.45, 2.75) is 33.3 Å². The number of aliphatic hydroxyl groups excluding tert-OH is 1. The Bertz CT molecular complexity index is 771. The maximum Gasteiger partial charge on any atom is 0.339 e. The standard InChI is InChI=1S/C17H21N3O4/c1-9-4-14(17(22)23)16(18-11(9)3)20-7-12(15(21)8-20)6-13-5-10(2)19-24-13/h4-5,12,15,21H,6-8H2,1-3H3,(H,22,23)/t12-,15+/m1/s1. The van der Waals surface area contributed by atoms with E-state index in [1.165, 1.54) is 0 Å². The van der Waals surface area contributed by atoms with Crippen LogP contribution in [0.1, 0.15) is 33.1 Å². The monoisotopic (exact) mass is 331 g/mol. The summed E-state index contributed by atoms with van der Waals surface area (Å²) in [7, 11) is 0. The highest BCUT2D eigenvalue weighted by molar-refractivity contribution is 5.93. The van der Waals surface area contributed by atoms with Gasteiger partial charge in [0.05, 0.1) is 11.8 Å². The molecule has 24 heavy (non-hydrogen) atoms. The van der Waals surface area contributed by atoms with Gasteiger partial charge in [0.25, 0.3) is 0 Å². The quantitative estimate of drug-likeness (QED) is 0.880. The number of pyridine rings is 1. The number of carboxylic acid groups (broad SMARTS) is 1. The van der Waals surface area contributed by atoms with Gasteiger partial charge in [0.15, 0.2) is 0 Å². The van der Waals surface area contributed by atoms with Crippen LogP contribution in [0.3, 0.4) is 0 Å². The molecule has 0 bridgehead atoms. The van der Waals surface area contributed by atoms with Crippen molar-refractivity contribution in [3.8, 4) is 0 Å². The third-order valence-electron chi connectivity index (χ3n) is 4.52. The zero-order chi connectivity index (χ0) is 17.4. The largest absolute Gasteiger partial charge is 0.478 e. The van der Waals surface area contributed by atoms with E-state index in [0.29, 0.717) is 25.3 Å². The van der Waals surface area contributed by atoms with Crippen molar-refractivity contribution in [3.63, 3.8) is 0 Å². The van der Waals surface area contributed by atoms with E-state index in [1.54, 1.807) is 6.07 Å². The molecule has 1 aliphatic rings. The zero-order valence-electron chi connectivity index (χ0n) is 14.0. The smallest absolute Gasteiger partial charge is 0.339 e. The molecule has 3 rings (SSSR count). The molecule has 1 fully saturated rings. The number of aliphatic hydroxyl groups is 1. The minimum atomic E-state index is -1.01. The van der Waals surface area contributed by atoms with Crippen molar-refractivity contribution in [2.24, 2.45) is 5.92 Å². The summed E-state index contributed by atoms with van der Waals surface area (Å²) >= 11 is 0. The van der Waals surface area contributed by atoms with Gasteiger partial charge in [0.1, 0.15) is 17.1 Å². The maximum atomic E-state index is 11.5. The fraction of sp³-hybridized carbons (Fsp3) is 0.471. The Balaban J connectivity index is 1.84. The first kappa shape index (κ1) is 16.4. The highest BCUT2D eigenvalue weighted by Crippen LogP contribution is 2.29. The maximum absolute atomic E-state index is 11.5. The number of hydrogen-bond acceptors (Lipinski definition) is 6. The lowest BCUT2D eigenvalue weighted by atomic mass is 10.0. The van der Waals surface area contributed by atoms with Crippen LogP contribution in [0.2, 0.25) is 0 Å². The van der Waals surface area contributed by atoms with E-state index < -0.39 is 12.1 Å². The number of carbonyl (C=O) groups is 1. The van der Waals surface area contributed by atoms with Crippen LogP contribution in [-0.2, 0) is 6.42 Å². The number of aromatic carboxylic acids is 1. The number of hydrogen-bond donors (Lipinski definition) is 2. The number of aryl methyl sites for hydroxylation is 3. The van der Waals surface area contributed by atoms with Gasteiger partial charge in [-0.3, -0.25) is 0 Å². The van der Waals surface area contributed by atoms with Gasteiger partial charge >= 0.3 is 5.97 Å². The van der Waals surface area contributed by atoms with E-state index in [1.807, 2.05) is 31.7 Å². The molecule has 0 aliphatic carbocycles. The molecule has 7 heteroatoms. The number of β-amino-alcohol motifs (C(OH)–C–C–N with tert-alkyl or cyclic N) is 1. The summed E-state index contributed by atoms with van der Waals surface area (Å²) < 4.78 is 5.22. The van der Waals surface area contributed by atoms with Gasteiger partial charge in [-0.05, 0) is 32.4 Å². The van der Waals surface area contributed by atoms with Crippen LogP contribution in [-0.4, -0.2) is 45.5 Å². The molecular formula is C17H21N3O4. The number of nitrogens with zero attached hydrogens (tertiary/aromatic N) is 3. The fourth-order valence-electron chi connectivity index (χ4n) is 3.09. The summed E-state index contributed by atoms with van der Waals surface area (Å²) in [6.45, 7) is 6.42. The molecule has 0 spiro atoms. The van der Waals surface area contributed by atoms with E-state index in [2.05, 4.69) is 10.1 Å². The van der Waals surface area contributed by atoms with Crippen LogP contribution in [0.15, 0.2) is 16.7 Å². The van der Waals surface area contributed by atoms with E-state index in [0.717, 1.165) is 22.7 Å². The molecule has 2 aromatic heterocycles. The molecule has 1 saturated heterocycles. The van der Waals surface area contributed by atoms with E-state index >= 15 is 0 Å². The predicted molar refractivity (Wildman–Crippen MR) is 87.3 cm³/mol. The van der Waals surface area contributed by atoms with Crippen LogP contribution in [0.25, 0.3) is 0 Å². The molecule has 7 nitrogen and oxygen atoms in total. The molecule has 128 valence electrons. The predicted octanol–water partition coefficient (Wildman–Crippen LogP) is 1.73. The molecule has 0 aromatic carbocycles. The SMILES string of the molecule is Cc1cc(C[C@@H]2CN(c3nc(C)c(C)cc3C(=O)O)C[C@@H]2O)on1. The van der Waals surface area contributed by atoms with Crippen molar-refractivity contribution in [1.82, 2.24) is 10.1 Å². The third kappa shape index (κ3) is 3.12. The summed E-state index contributed by atoms with van der Waals surface area (Å²) in [5, 5.41) is 23.7. The Hall–Kier alpha value is -2.41. The Labute approximate surface area is 139 Å². The minimum Gasteiger partial charge on any atom is -0.478 e. The normalized spacial score (nSPS) is 20.6. The van der Waals surface area contributed by atoms with Gasteiger partial charge in [-0.15, -0.1) is 0 Å². The summed E-state index contributed by atoms with van der Waals surface area (Å²) in [4.78, 5) is 17.8. The Morgan fingerprint density at radius 3 is 2.71 bits per heavy atom. The first-order valence-corrected chi connectivity index (χ1v) is 7.92. The summed E-state index contributed by atoms with van der Waals surface area (Å²) in [5.74, 6) is 0.0811. The molecule has 0 radical (unpaired) electrons. The second-order valence-electron chi connectivity index (χ2n) is 6.44. The van der Waals surface area contributed by atoms with Crippen molar-refractivity contribution < 1.29 is 19.5 Å². The van der Waals surface area contributed by atoms with Crippen LogP contribution in [0, 0.1) is 26.7 Å². The molecular weight excluding hydrogens is 310 g/mol. The third-order valence-corrected chi connectivity index (χ3v) is 4.52. The average Bonchev–Trinajstić information content (AvgIpc) is 3.08. The molecule has 0 amide bonds. The highest BCUT2D eigenvalue weighted by atomic mass is 16.5. The van der Waals surface area contributed by atoms with Crippen molar-refractivity contribution in [1.29, 1.82) is 0 Å². The number of rotatable bonds is 4. The lowest BCUT2D eigenvalue weighted by molar-refractivity contribution is 0.0697. The van der Waals surface area contributed by atoms with Crippen LogP contribution < -0.4 is 4.90 Å².